The molecule has 2 aliphatic heterocycles. The van der Waals surface area contributed by atoms with Gasteiger partial charge in [0.15, 0.2) is 6.29 Å². The van der Waals surface area contributed by atoms with Crippen LogP contribution >= 0.6 is 0 Å². The maximum Gasteiger partial charge on any atom is 0.364 e. The van der Waals surface area contributed by atoms with Crippen LogP contribution < -0.4 is 11.1 Å². The number of nitrogens with one attached hydrogen (secondary N) is 1. The Morgan fingerprint density at radius 1 is 1.11 bits per heavy atom. The Morgan fingerprint density at radius 3 is 2.37 bits per heavy atom. The highest BCUT2D eigenvalue weighted by atomic mass is 16.7. The minimum absolute atomic E-state index is 0.0796. The van der Waals surface area contributed by atoms with Crippen LogP contribution in [-0.2, 0) is 33.3 Å². The third-order valence-corrected chi connectivity index (χ3v) is 6.11. The predicted octanol–water partition coefficient (Wildman–Crippen LogP) is -6.05. The lowest BCUT2D eigenvalue weighted by Gasteiger charge is -2.47. The first-order chi connectivity index (χ1) is 17.9. The largest absolute Gasteiger partial charge is 0.477 e. The first-order valence-electron chi connectivity index (χ1n) is 11.9. The molecule has 0 bridgehead atoms. The molecule has 222 valence electrons. The molecule has 0 saturated carbocycles. The molecule has 0 radical (unpaired) electrons. The van der Waals surface area contributed by atoms with E-state index >= 15 is 0 Å². The zero-order valence-electron chi connectivity index (χ0n) is 20.7. The molecule has 2 saturated heterocycles. The standard InChI is InChI=1S/C21H38N2O15/c1-9(25)23-13-10(26)6-21(20(32)33,38-18(13)14(28)11(27)7-24)36-8-12-15(29)16(30)17(31)19(37-12)35-5-4-34-3-2-22/h10-19,24,26-31H,2-8,22H2,1H3,(H,23,25)(H,32,33)/t10-,11+,12+,13+,14-,15+,16-,17+,18+,19+,21+/m0/s1. The Labute approximate surface area is 217 Å². The van der Waals surface area contributed by atoms with Gasteiger partial charge in [0.25, 0.3) is 5.79 Å². The lowest BCUT2D eigenvalue weighted by Crippen LogP contribution is -2.68. The quantitative estimate of drug-likeness (QED) is 0.0888. The smallest absolute Gasteiger partial charge is 0.364 e. The Kier molecular flexibility index (Phi) is 12.6. The van der Waals surface area contributed by atoms with Crippen molar-refractivity contribution in [1.82, 2.24) is 5.32 Å². The van der Waals surface area contributed by atoms with Crippen LogP contribution in [0.3, 0.4) is 0 Å². The van der Waals surface area contributed by atoms with Gasteiger partial charge in [-0.1, -0.05) is 0 Å². The zero-order valence-corrected chi connectivity index (χ0v) is 20.7. The van der Waals surface area contributed by atoms with Crippen LogP contribution in [0.4, 0.5) is 0 Å². The van der Waals surface area contributed by atoms with E-state index in [9.17, 15) is 50.4 Å². The number of amides is 1. The summed E-state index contributed by atoms with van der Waals surface area (Å²) in [5, 5.41) is 83.2. The van der Waals surface area contributed by atoms with Gasteiger partial charge in [-0.2, -0.15) is 0 Å². The van der Waals surface area contributed by atoms with E-state index in [2.05, 4.69) is 5.32 Å². The van der Waals surface area contributed by atoms with E-state index in [-0.39, 0.29) is 26.4 Å². The van der Waals surface area contributed by atoms with Crippen molar-refractivity contribution >= 4 is 11.9 Å². The molecule has 0 aromatic rings. The normalized spacial score (nSPS) is 37.4. The van der Waals surface area contributed by atoms with Crippen molar-refractivity contribution in [3.63, 3.8) is 0 Å². The van der Waals surface area contributed by atoms with E-state index in [0.29, 0.717) is 0 Å². The average molecular weight is 559 g/mol. The van der Waals surface area contributed by atoms with Gasteiger partial charge >= 0.3 is 5.97 Å². The van der Waals surface area contributed by atoms with Crippen molar-refractivity contribution in [2.24, 2.45) is 5.73 Å². The molecule has 2 heterocycles. The number of hydrogen-bond donors (Lipinski definition) is 10. The molecule has 11 atom stereocenters. The number of aliphatic carboxylic acids is 1. The van der Waals surface area contributed by atoms with Crippen molar-refractivity contribution in [2.75, 3.05) is 39.6 Å². The van der Waals surface area contributed by atoms with Crippen LogP contribution in [0, 0.1) is 0 Å². The fourth-order valence-corrected chi connectivity index (χ4v) is 4.09. The summed E-state index contributed by atoms with van der Waals surface area (Å²) < 4.78 is 26.8. The van der Waals surface area contributed by atoms with E-state index in [1.807, 2.05) is 0 Å². The summed E-state index contributed by atoms with van der Waals surface area (Å²) in [6.45, 7) is -0.0995. The molecule has 0 aliphatic carbocycles. The van der Waals surface area contributed by atoms with Crippen LogP contribution in [0.5, 0.6) is 0 Å². The predicted molar refractivity (Wildman–Crippen MR) is 121 cm³/mol. The molecule has 11 N–H and O–H groups in total. The van der Waals surface area contributed by atoms with Gasteiger partial charge in [0.2, 0.25) is 5.91 Å². The van der Waals surface area contributed by atoms with E-state index in [1.165, 1.54) is 0 Å². The zero-order chi connectivity index (χ0) is 28.6. The number of carbonyl (C=O) groups is 2. The van der Waals surface area contributed by atoms with Crippen LogP contribution in [0.25, 0.3) is 0 Å². The minimum Gasteiger partial charge on any atom is -0.477 e. The fraction of sp³-hybridized carbons (Fsp3) is 0.905. The summed E-state index contributed by atoms with van der Waals surface area (Å²) in [4.78, 5) is 23.8. The number of carbonyl (C=O) groups excluding carboxylic acids is 1. The highest BCUT2D eigenvalue weighted by Gasteiger charge is 2.56. The molecule has 2 aliphatic rings. The summed E-state index contributed by atoms with van der Waals surface area (Å²) >= 11 is 0. The number of aliphatic hydroxyl groups is 7. The molecule has 17 heteroatoms. The monoisotopic (exact) mass is 558 g/mol. The van der Waals surface area contributed by atoms with E-state index in [0.717, 1.165) is 6.92 Å². The topological polar surface area (TPSA) is 280 Å². The molecular weight excluding hydrogens is 520 g/mol. The van der Waals surface area contributed by atoms with Gasteiger partial charge in [0.05, 0.1) is 45.2 Å². The van der Waals surface area contributed by atoms with Crippen molar-refractivity contribution in [3.8, 4) is 0 Å². The van der Waals surface area contributed by atoms with E-state index in [1.54, 1.807) is 0 Å². The second-order valence-corrected chi connectivity index (χ2v) is 8.98. The Hall–Kier alpha value is -1.58. The summed E-state index contributed by atoms with van der Waals surface area (Å²) in [7, 11) is 0. The van der Waals surface area contributed by atoms with Crippen LogP contribution in [-0.4, -0.2) is 159 Å². The minimum atomic E-state index is -2.69. The SMILES string of the molecule is CC(=O)N[C@H]1[C@H]([C@@H](O)[C@H](O)CO)O[C@@](OC[C@H]2O[C@@H](OCCOCCN)[C@H](O)[C@@H](O)[C@@H]2O)(C(=O)O)C[C@@H]1O. The number of hydrogen-bond acceptors (Lipinski definition) is 15. The lowest BCUT2D eigenvalue weighted by molar-refractivity contribution is -0.339. The maximum absolute atomic E-state index is 12.2. The molecule has 0 aromatic heterocycles. The van der Waals surface area contributed by atoms with Crippen molar-refractivity contribution in [1.29, 1.82) is 0 Å². The van der Waals surface area contributed by atoms with Gasteiger partial charge in [-0.15, -0.1) is 0 Å². The molecule has 1 amide bonds. The number of ether oxygens (including phenoxy) is 5. The molecule has 0 unspecified atom stereocenters. The Balaban J connectivity index is 2.19. The third-order valence-electron chi connectivity index (χ3n) is 6.11. The van der Waals surface area contributed by atoms with Gasteiger partial charge in [0, 0.05) is 19.9 Å². The van der Waals surface area contributed by atoms with Crippen LogP contribution in [0.1, 0.15) is 13.3 Å². The molecule has 2 fully saturated rings. The summed E-state index contributed by atoms with van der Waals surface area (Å²) in [6, 6.07) is -1.40. The molecule has 0 spiro atoms. The lowest BCUT2D eigenvalue weighted by atomic mass is 9.88. The highest BCUT2D eigenvalue weighted by Crippen LogP contribution is 2.34. The molecule has 2 rings (SSSR count). The Bertz CT molecular complexity index is 762. The number of carboxylic acids is 1. The van der Waals surface area contributed by atoms with Gasteiger partial charge in [-0.05, 0) is 0 Å². The van der Waals surface area contributed by atoms with Gasteiger partial charge in [0.1, 0.15) is 42.7 Å². The maximum atomic E-state index is 12.2. The number of rotatable bonds is 14. The Morgan fingerprint density at radius 2 is 1.79 bits per heavy atom. The van der Waals surface area contributed by atoms with Gasteiger partial charge in [-0.25, -0.2) is 4.79 Å². The molecule has 38 heavy (non-hydrogen) atoms. The molecule has 17 nitrogen and oxygen atoms in total. The van der Waals surface area contributed by atoms with E-state index < -0.39 is 98.5 Å². The van der Waals surface area contributed by atoms with Crippen molar-refractivity contribution in [2.45, 2.75) is 80.3 Å². The van der Waals surface area contributed by atoms with Gasteiger partial charge in [-0.3, -0.25) is 4.79 Å². The number of nitrogens with two attached hydrogens (primary N) is 1. The summed E-state index contributed by atoms with van der Waals surface area (Å²) in [5.74, 6) is -5.13. The van der Waals surface area contributed by atoms with Crippen LogP contribution in [0.2, 0.25) is 0 Å². The summed E-state index contributed by atoms with van der Waals surface area (Å²) in [6.07, 6.45) is -16.2. The second kappa shape index (κ2) is 14.7. The molecular formula is C21H38N2O15. The summed E-state index contributed by atoms with van der Waals surface area (Å²) in [5.41, 5.74) is 5.31. The number of aliphatic hydroxyl groups excluding tert-OH is 7. The van der Waals surface area contributed by atoms with Crippen molar-refractivity contribution in [3.05, 3.63) is 0 Å². The first-order valence-corrected chi connectivity index (χ1v) is 11.9. The molecule has 0 aromatic carbocycles. The average Bonchev–Trinajstić information content (AvgIpc) is 2.87. The first kappa shape index (κ1) is 32.6. The van der Waals surface area contributed by atoms with E-state index in [4.69, 9.17) is 29.4 Å². The second-order valence-electron chi connectivity index (χ2n) is 8.98. The fourth-order valence-electron chi connectivity index (χ4n) is 4.09. The number of carboxylic acid groups (broad SMARTS) is 1. The van der Waals surface area contributed by atoms with Crippen molar-refractivity contribution < 1.29 is 74.1 Å². The van der Waals surface area contributed by atoms with Gasteiger partial charge < -0.3 is 75.6 Å². The highest BCUT2D eigenvalue weighted by molar-refractivity contribution is 5.76. The third kappa shape index (κ3) is 7.98. The van der Waals surface area contributed by atoms with Crippen LogP contribution in [0.15, 0.2) is 0 Å².